The number of carbonyl (C=O) groups is 6. The number of alkyl halides is 4. The van der Waals surface area contributed by atoms with Gasteiger partial charge in [0.25, 0.3) is 0 Å². The molecule has 2 amide bonds. The van der Waals surface area contributed by atoms with Crippen molar-refractivity contribution in [2.75, 3.05) is 5.34 Å². The number of fused-ring (bicyclic) bond motifs is 1. The van der Waals surface area contributed by atoms with Crippen molar-refractivity contribution in [3.8, 4) is 0 Å². The Hall–Kier alpha value is -3.48. The van der Waals surface area contributed by atoms with Gasteiger partial charge in [-0.15, -0.1) is 23.2 Å². The molecule has 9 fully saturated rings. The maximum Gasteiger partial charge on any atom is 0.0379 e. The first-order valence-electron chi connectivity index (χ1n) is 28.6. The molecule has 0 aromatic heterocycles. The third kappa shape index (κ3) is 11.7. The van der Waals surface area contributed by atoms with Crippen LogP contribution in [-0.2, 0) is 38.1 Å². The number of imide groups is 1. The molecule has 8 aliphatic carbocycles. The number of nitrogens with zero attached hydrogens (tertiary/aromatic N) is 1. The van der Waals surface area contributed by atoms with E-state index >= 15 is 0 Å². The number of amides is 2. The van der Waals surface area contributed by atoms with E-state index in [1.807, 2.05) is 49.4 Å². The number of carbonyl (C=O) groups excluding carboxylic acids is 6. The second kappa shape index (κ2) is 25.9. The topological polar surface area (TPSA) is 264 Å². The molecule has 15 rings (SSSR count). The van der Waals surface area contributed by atoms with Crippen molar-refractivity contribution in [2.24, 2.45) is 47.3 Å². The summed E-state index contributed by atoms with van der Waals surface area (Å²) in [7, 11) is 3.75. The summed E-state index contributed by atoms with van der Waals surface area (Å²) in [6.07, 6.45) is 12.6. The predicted octanol–water partition coefficient (Wildman–Crippen LogP) is 6.60. The fraction of sp³-hybridized carbons (Fsp3) is 0.600. The van der Waals surface area contributed by atoms with Gasteiger partial charge in [0.15, 0.2) is 0 Å². The molecule has 24 heteroatoms. The maximum atomic E-state index is 14.4. The molecule has 2 radical (unpaired) electrons. The number of benzene rings is 2. The largest absolute Gasteiger partial charge is 0.255 e. The molecule has 0 bridgehead atoms. The third-order valence-electron chi connectivity index (χ3n) is 19.5. The number of halogens is 4. The van der Waals surface area contributed by atoms with Gasteiger partial charge in [0.2, 0.25) is 0 Å². The number of hydrogen-bond acceptors (Lipinski definition) is 16. The summed E-state index contributed by atoms with van der Waals surface area (Å²) in [6.45, 7) is 8.81. The van der Waals surface area contributed by atoms with Gasteiger partial charge >= 0.3 is 135 Å². The van der Waals surface area contributed by atoms with Gasteiger partial charge in [0.05, 0.1) is 22.4 Å². The normalized spacial score (nSPS) is 40.7. The van der Waals surface area contributed by atoms with Crippen LogP contribution in [0.4, 0.5) is 8.78 Å². The van der Waals surface area contributed by atoms with Crippen molar-refractivity contribution < 1.29 is 119 Å². The number of esters is 4. The summed E-state index contributed by atoms with van der Waals surface area (Å²) in [5.41, 5.74) is -4.07. The first-order valence-corrected chi connectivity index (χ1v) is 30.7. The van der Waals surface area contributed by atoms with E-state index in [1.165, 1.54) is 29.4 Å². The smallest absolute Gasteiger partial charge is 0.0379 e. The zero-order valence-corrected chi connectivity index (χ0v) is 54.6. The van der Waals surface area contributed by atoms with E-state index in [1.54, 1.807) is 31.2 Å². The van der Waals surface area contributed by atoms with Crippen LogP contribution in [0.5, 0.6) is 0 Å². The number of aliphatic hydroxyl groups is 4. The summed E-state index contributed by atoms with van der Waals surface area (Å²) < 4.78 is 56.6. The van der Waals surface area contributed by atoms with E-state index < -0.39 is 75.6 Å². The quantitative estimate of drug-likeness (QED) is 0.0270. The van der Waals surface area contributed by atoms with Crippen molar-refractivity contribution >= 4 is 86.9 Å². The number of hydrogen-bond donors (Lipinski definition) is 6. The average Bonchev–Trinajstić information content (AvgIpc) is 1.90. The molecular formula is C60H72BCl2F2NO16SeU. The molecule has 6 N–H and O–H groups in total. The standard InChI is InChI=1S/C14H9NO2Se.C12H17FO3.C11H13FO3.2C11H14O3.CH2Cl2.BH.H2O2.U/c16-13-11-8-4-5-9-12(11)14(17)15(13)18-10-6-2-1-3-7-10;1-6-9-10(14)16-8-4-3-7(12(8,9)15)5-11(6,2)13;1-10(12)4-6-2-3-8-11(6,14)7(5-10)9(13)15-8;2*1-6-4-7-2-3-9-11(7,13)8(5-6)10(12)14-9;2-1-3;;1-2;/h1-9H;6-9,15H,3-5H2,1-2H3;5-6,8,14H,2-4H2,1H3;5,7-9,13H,2-4H2,1H3;5-7,9,13H,2-4H2,1H3;1H2;1H;1-2H;/t;6?,7-,8-,9?,11+,12-;6-,8-,10+,11+;7-,8?,9-,11+;6-,7+,9+,11-;;;;/m.1110..../s1/i;;;;;;1D;;. The van der Waals surface area contributed by atoms with Gasteiger partial charge in [-0.3, -0.25) is 20.1 Å². The number of ether oxygens (including phenoxy) is 4. The van der Waals surface area contributed by atoms with Crippen LogP contribution < -0.4 is 4.46 Å². The van der Waals surface area contributed by atoms with Crippen LogP contribution in [0.15, 0.2) is 89.5 Å². The predicted molar refractivity (Wildman–Crippen MR) is 301 cm³/mol. The molecule has 454 valence electrons. The molecule has 2 aromatic rings. The summed E-state index contributed by atoms with van der Waals surface area (Å²) >= 11 is 9.23. The minimum Gasteiger partial charge on any atom is -0.255 e. The summed E-state index contributed by atoms with van der Waals surface area (Å²) in [4.78, 5) is 70.5. The zero-order chi connectivity index (χ0) is 61.6. The van der Waals surface area contributed by atoms with Crippen LogP contribution in [0.2, 0.25) is 0 Å². The first-order chi connectivity index (χ1) is 39.7. The van der Waals surface area contributed by atoms with Crippen molar-refractivity contribution in [1.82, 2.24) is 3.92 Å². The Labute approximate surface area is 530 Å². The van der Waals surface area contributed by atoms with Gasteiger partial charge in [-0.2, -0.15) is 0 Å². The fourth-order valence-electron chi connectivity index (χ4n) is 15.6. The maximum absolute atomic E-state index is 14.4. The Morgan fingerprint density at radius 1 is 0.655 bits per heavy atom. The van der Waals surface area contributed by atoms with E-state index in [0.717, 1.165) is 55.8 Å². The Balaban J connectivity index is 0.000000148. The zero-order valence-electron chi connectivity index (χ0n) is 48.3. The van der Waals surface area contributed by atoms with E-state index in [9.17, 15) is 58.0 Å². The van der Waals surface area contributed by atoms with Crippen molar-refractivity contribution in [1.29, 1.82) is 1.34 Å². The van der Waals surface area contributed by atoms with Gasteiger partial charge in [0, 0.05) is 45.4 Å². The summed E-state index contributed by atoms with van der Waals surface area (Å²) in [5, 5.41) is 54.3. The molecular weight excluding hydrogens is 1430 g/mol. The average molecular weight is 1500 g/mol. The second-order valence-corrected chi connectivity index (χ2v) is 27.3. The van der Waals surface area contributed by atoms with E-state index in [-0.39, 0.29) is 123 Å². The van der Waals surface area contributed by atoms with Crippen LogP contribution in [0.1, 0.15) is 132 Å². The van der Waals surface area contributed by atoms with Gasteiger partial charge in [-0.25, -0.2) is 18.4 Å². The van der Waals surface area contributed by atoms with Crippen LogP contribution in [0, 0.1) is 78.5 Å². The number of rotatable bonds is 2. The number of allylic oxidation sites excluding steroid dienone is 3. The fourth-order valence-corrected chi connectivity index (χ4v) is 17.4. The van der Waals surface area contributed by atoms with E-state index in [2.05, 4.69) is 15.3 Å². The Kier molecular flexibility index (Phi) is 20.5. The molecule has 18 atom stereocenters. The van der Waals surface area contributed by atoms with Gasteiger partial charge in [-0.1, -0.05) is 31.6 Å². The minimum atomic E-state index is -1.50. The van der Waals surface area contributed by atoms with Gasteiger partial charge in [0.1, 0.15) is 64.1 Å². The molecule has 5 heterocycles. The molecule has 4 saturated heterocycles. The molecule has 84 heavy (non-hydrogen) atoms. The molecule has 5 aliphatic heterocycles. The third-order valence-corrected chi connectivity index (χ3v) is 21.6. The molecule has 2 aromatic carbocycles. The van der Waals surface area contributed by atoms with Crippen LogP contribution in [-0.4, -0.2) is 159 Å². The van der Waals surface area contributed by atoms with E-state index in [0.29, 0.717) is 41.9 Å². The SMILES string of the molecule is CC1=CC2C(=O)O[C@@H]3CC[C@H](C1)[C@]23O.CC1C2C(=O)O[C@@H]3CC[C@H](C[C@]1(C)F)[C@]23O.C[C@@H]1C=C2C(=O)O[C@@H]3CC[C@H](C1)[C@]23O.C[C@@]1(F)C=C2C(=O)O[C@@H]3CC[C@H](C1)[C@]23O.ClCCl.O=C1c2ccccc2C(=O)N1[Se]c1ccccc1.OO.[2H][B].[U]. The monoisotopic (exact) mass is 1500 g/mol. The second-order valence-electron chi connectivity index (χ2n) is 24.4. The Morgan fingerprint density at radius 2 is 1.14 bits per heavy atom. The Morgan fingerprint density at radius 3 is 1.74 bits per heavy atom. The molecule has 5 saturated carbocycles. The van der Waals surface area contributed by atoms with Crippen molar-refractivity contribution in [3.05, 3.63) is 101 Å². The van der Waals surface area contributed by atoms with Crippen molar-refractivity contribution in [2.45, 2.75) is 170 Å². The van der Waals surface area contributed by atoms with Crippen LogP contribution in [0.3, 0.4) is 0 Å². The summed E-state index contributed by atoms with van der Waals surface area (Å²) in [5.74, 6) is -2.84. The molecule has 0 spiro atoms. The Bertz CT molecular complexity index is 2930. The van der Waals surface area contributed by atoms with Crippen LogP contribution in [0.25, 0.3) is 0 Å². The van der Waals surface area contributed by atoms with Gasteiger partial charge in [-0.05, 0) is 135 Å². The summed E-state index contributed by atoms with van der Waals surface area (Å²) in [6, 6.07) is 16.6. The molecule has 13 aliphatic rings. The van der Waals surface area contributed by atoms with Crippen LogP contribution >= 0.6 is 23.2 Å². The van der Waals surface area contributed by atoms with Gasteiger partial charge < -0.3 is 39.4 Å². The molecule has 3 unspecified atom stereocenters. The molecule has 17 nitrogen and oxygen atoms in total. The minimum absolute atomic E-state index is 0. The van der Waals surface area contributed by atoms with Crippen molar-refractivity contribution in [3.63, 3.8) is 0 Å². The first kappa shape index (κ1) is 66.5. The van der Waals surface area contributed by atoms with E-state index in [4.69, 9.17) is 54.0 Å².